The summed E-state index contributed by atoms with van der Waals surface area (Å²) in [5.74, 6) is 0.366. The Balaban J connectivity index is 2.38. The first-order chi connectivity index (χ1) is 9.19. The molecule has 1 aliphatic rings. The van der Waals surface area contributed by atoms with Crippen LogP contribution in [-0.2, 0) is 0 Å². The lowest BCUT2D eigenvalue weighted by atomic mass is 10.0. The summed E-state index contributed by atoms with van der Waals surface area (Å²) in [5.41, 5.74) is 0.430. The van der Waals surface area contributed by atoms with E-state index in [0.29, 0.717) is 11.3 Å². The van der Waals surface area contributed by atoms with Crippen LogP contribution in [-0.4, -0.2) is 50.0 Å². The van der Waals surface area contributed by atoms with Gasteiger partial charge in [0.2, 0.25) is 0 Å². The van der Waals surface area contributed by atoms with E-state index in [9.17, 15) is 9.50 Å². The van der Waals surface area contributed by atoms with Crippen molar-refractivity contribution >= 4 is 11.6 Å². The second-order valence-corrected chi connectivity index (χ2v) is 4.88. The van der Waals surface area contributed by atoms with Gasteiger partial charge in [-0.1, -0.05) is 11.6 Å². The molecule has 1 heterocycles. The number of benzene rings is 1. The average Bonchev–Trinajstić information content (AvgIpc) is 2.45. The van der Waals surface area contributed by atoms with Crippen molar-refractivity contribution < 1.29 is 14.2 Å². The summed E-state index contributed by atoms with van der Waals surface area (Å²) in [7, 11) is 1.50. The molecule has 19 heavy (non-hydrogen) atoms. The van der Waals surface area contributed by atoms with Gasteiger partial charge in [-0.25, -0.2) is 4.39 Å². The number of hydrogen-bond acceptors (Lipinski definition) is 4. The summed E-state index contributed by atoms with van der Waals surface area (Å²) >= 11 is 5.92. The van der Waals surface area contributed by atoms with Crippen LogP contribution in [0.5, 0.6) is 11.5 Å². The quantitative estimate of drug-likeness (QED) is 0.889. The Morgan fingerprint density at radius 2 is 2.16 bits per heavy atom. The molecule has 2 N–H and O–H groups in total. The monoisotopic (exact) mass is 288 g/mol. The fraction of sp³-hybridized carbons (Fsp3) is 0.538. The van der Waals surface area contributed by atoms with Crippen LogP contribution in [0.4, 0.5) is 4.39 Å². The first-order valence-corrected chi connectivity index (χ1v) is 6.63. The lowest BCUT2D eigenvalue weighted by Gasteiger charge is -2.34. The Labute approximate surface area is 117 Å². The van der Waals surface area contributed by atoms with Crippen molar-refractivity contribution in [3.63, 3.8) is 0 Å². The number of phenolic OH excluding ortho intramolecular Hbond substituents is 1. The Hall–Kier alpha value is -1.04. The molecule has 0 aliphatic carbocycles. The highest BCUT2D eigenvalue weighted by Crippen LogP contribution is 2.41. The van der Waals surface area contributed by atoms with E-state index in [-0.39, 0.29) is 10.8 Å². The van der Waals surface area contributed by atoms with Crippen molar-refractivity contribution in [1.29, 1.82) is 0 Å². The number of alkyl halides is 1. The molecule has 1 aromatic carbocycles. The average molecular weight is 289 g/mol. The van der Waals surface area contributed by atoms with E-state index in [0.717, 1.165) is 26.2 Å². The minimum Gasteiger partial charge on any atom is -0.506 e. The van der Waals surface area contributed by atoms with Crippen molar-refractivity contribution in [3.05, 3.63) is 22.7 Å². The zero-order valence-electron chi connectivity index (χ0n) is 10.8. The molecule has 0 aromatic heterocycles. The number of ether oxygens (including phenoxy) is 1. The van der Waals surface area contributed by atoms with E-state index in [1.807, 2.05) is 4.90 Å². The van der Waals surface area contributed by atoms with Crippen molar-refractivity contribution in [2.75, 3.05) is 40.0 Å². The van der Waals surface area contributed by atoms with Gasteiger partial charge >= 0.3 is 0 Å². The van der Waals surface area contributed by atoms with Gasteiger partial charge in [0.15, 0.2) is 0 Å². The molecule has 1 atom stereocenters. The number of nitrogens with zero attached hydrogens (tertiary/aromatic N) is 1. The van der Waals surface area contributed by atoms with E-state index in [1.54, 1.807) is 12.1 Å². The van der Waals surface area contributed by atoms with Gasteiger partial charge in [0, 0.05) is 26.2 Å². The largest absolute Gasteiger partial charge is 0.506 e. The van der Waals surface area contributed by atoms with Gasteiger partial charge in [-0.3, -0.25) is 4.90 Å². The SMILES string of the molecule is COc1ccc(Cl)c(O)c1[C@H](CF)N1CCNCC1. The van der Waals surface area contributed by atoms with Crippen molar-refractivity contribution in [2.24, 2.45) is 0 Å². The first-order valence-electron chi connectivity index (χ1n) is 6.25. The van der Waals surface area contributed by atoms with Crippen LogP contribution in [0.1, 0.15) is 11.6 Å². The van der Waals surface area contributed by atoms with Crippen molar-refractivity contribution in [2.45, 2.75) is 6.04 Å². The molecule has 1 aliphatic heterocycles. The molecular weight excluding hydrogens is 271 g/mol. The molecule has 0 spiro atoms. The standard InChI is InChI=1S/C13H18ClFN2O2/c1-19-11-3-2-9(14)13(18)12(11)10(8-15)17-6-4-16-5-7-17/h2-3,10,16,18H,4-8H2,1H3/t10-/m0/s1. The number of aromatic hydroxyl groups is 1. The molecule has 1 saturated heterocycles. The number of hydrogen-bond donors (Lipinski definition) is 2. The summed E-state index contributed by atoms with van der Waals surface area (Å²) in [6, 6.07) is 2.67. The molecule has 1 aromatic rings. The summed E-state index contributed by atoms with van der Waals surface area (Å²) in [6.45, 7) is 2.47. The molecule has 2 rings (SSSR count). The van der Waals surface area contributed by atoms with Gasteiger partial charge in [-0.15, -0.1) is 0 Å². The van der Waals surface area contributed by atoms with Gasteiger partial charge in [0.25, 0.3) is 0 Å². The first kappa shape index (κ1) is 14.4. The summed E-state index contributed by atoms with van der Waals surface area (Å²) in [4.78, 5) is 1.99. The fourth-order valence-corrected chi connectivity index (χ4v) is 2.58. The van der Waals surface area contributed by atoms with Crippen molar-refractivity contribution in [1.82, 2.24) is 10.2 Å². The molecule has 0 radical (unpaired) electrons. The minimum absolute atomic E-state index is 0.0952. The van der Waals surface area contributed by atoms with Crippen LogP contribution in [0, 0.1) is 0 Å². The molecular formula is C13H18ClFN2O2. The highest BCUT2D eigenvalue weighted by atomic mass is 35.5. The lowest BCUT2D eigenvalue weighted by Crippen LogP contribution is -2.45. The predicted molar refractivity (Wildman–Crippen MR) is 72.8 cm³/mol. The third-order valence-electron chi connectivity index (χ3n) is 3.42. The van der Waals surface area contributed by atoms with Gasteiger partial charge < -0.3 is 15.2 Å². The molecule has 6 heteroatoms. The number of methoxy groups -OCH3 is 1. The Kier molecular flexibility index (Phi) is 4.85. The molecule has 0 bridgehead atoms. The number of phenols is 1. The second-order valence-electron chi connectivity index (χ2n) is 4.47. The predicted octanol–water partition coefficient (Wildman–Crippen LogP) is 1.97. The van der Waals surface area contributed by atoms with E-state index < -0.39 is 12.7 Å². The normalized spacial score (nSPS) is 18.3. The maximum absolute atomic E-state index is 13.5. The summed E-state index contributed by atoms with van der Waals surface area (Å²) in [5, 5.41) is 13.5. The van der Waals surface area contributed by atoms with Gasteiger partial charge in [-0.2, -0.15) is 0 Å². The van der Waals surface area contributed by atoms with E-state index in [4.69, 9.17) is 16.3 Å². The number of halogens is 2. The number of rotatable bonds is 4. The molecule has 1 fully saturated rings. The zero-order valence-corrected chi connectivity index (χ0v) is 11.6. The van der Waals surface area contributed by atoms with Gasteiger partial charge in [0.1, 0.15) is 18.2 Å². The lowest BCUT2D eigenvalue weighted by molar-refractivity contribution is 0.142. The van der Waals surface area contributed by atoms with Gasteiger partial charge in [0.05, 0.1) is 23.7 Å². The Bertz CT molecular complexity index is 439. The summed E-state index contributed by atoms with van der Waals surface area (Å²) in [6.07, 6.45) is 0. The highest BCUT2D eigenvalue weighted by molar-refractivity contribution is 6.32. The third kappa shape index (κ3) is 2.94. The topological polar surface area (TPSA) is 44.7 Å². The molecule has 0 unspecified atom stereocenters. The molecule has 4 nitrogen and oxygen atoms in total. The minimum atomic E-state index is -0.593. The second kappa shape index (κ2) is 6.41. The van der Waals surface area contributed by atoms with Crippen LogP contribution in [0.2, 0.25) is 5.02 Å². The molecule has 106 valence electrons. The van der Waals surface area contributed by atoms with Crippen LogP contribution in [0.3, 0.4) is 0 Å². The van der Waals surface area contributed by atoms with E-state index >= 15 is 0 Å². The highest BCUT2D eigenvalue weighted by Gasteiger charge is 2.28. The Morgan fingerprint density at radius 3 is 2.74 bits per heavy atom. The van der Waals surface area contributed by atoms with E-state index in [2.05, 4.69) is 5.32 Å². The third-order valence-corrected chi connectivity index (χ3v) is 3.72. The molecule has 0 amide bonds. The van der Waals surface area contributed by atoms with E-state index in [1.165, 1.54) is 7.11 Å². The smallest absolute Gasteiger partial charge is 0.142 e. The van der Waals surface area contributed by atoms with Crippen molar-refractivity contribution in [3.8, 4) is 11.5 Å². The summed E-state index contributed by atoms with van der Waals surface area (Å²) < 4.78 is 18.7. The van der Waals surface area contributed by atoms with Crippen LogP contribution >= 0.6 is 11.6 Å². The molecule has 0 saturated carbocycles. The van der Waals surface area contributed by atoms with Gasteiger partial charge in [-0.05, 0) is 12.1 Å². The maximum Gasteiger partial charge on any atom is 0.142 e. The number of piperazine rings is 1. The zero-order chi connectivity index (χ0) is 13.8. The van der Waals surface area contributed by atoms with Crippen LogP contribution in [0.15, 0.2) is 12.1 Å². The Morgan fingerprint density at radius 1 is 1.47 bits per heavy atom. The fourth-order valence-electron chi connectivity index (χ4n) is 2.41. The van der Waals surface area contributed by atoms with Crippen LogP contribution < -0.4 is 10.1 Å². The maximum atomic E-state index is 13.5. The van der Waals surface area contributed by atoms with Crippen LogP contribution in [0.25, 0.3) is 0 Å². The number of nitrogens with one attached hydrogen (secondary N) is 1.